The maximum absolute atomic E-state index is 3.57. The molecule has 3 rings (SSSR count). The maximum Gasteiger partial charge on any atom is 0.0505 e. The molecule has 0 aromatic heterocycles. The fourth-order valence-electron chi connectivity index (χ4n) is 2.86. The fraction of sp³-hybridized carbons (Fsp3) is 0.200. The van der Waals surface area contributed by atoms with Gasteiger partial charge in [-0.3, -0.25) is 0 Å². The van der Waals surface area contributed by atoms with Crippen LogP contribution >= 0.6 is 0 Å². The van der Waals surface area contributed by atoms with Crippen LogP contribution in [-0.2, 0) is 0 Å². The fourth-order valence-corrected chi connectivity index (χ4v) is 2.86. The van der Waals surface area contributed by atoms with E-state index in [1.54, 1.807) is 0 Å². The van der Waals surface area contributed by atoms with Gasteiger partial charge in [0.05, 0.1) is 5.54 Å². The van der Waals surface area contributed by atoms with Crippen LogP contribution in [0.15, 0.2) is 54.6 Å². The van der Waals surface area contributed by atoms with Gasteiger partial charge in [0.25, 0.3) is 0 Å². The summed E-state index contributed by atoms with van der Waals surface area (Å²) in [7, 11) is 0. The van der Waals surface area contributed by atoms with Crippen molar-refractivity contribution in [1.82, 2.24) is 0 Å². The van der Waals surface area contributed by atoms with Gasteiger partial charge >= 0.3 is 0 Å². The van der Waals surface area contributed by atoms with Crippen molar-refractivity contribution < 1.29 is 0 Å². The summed E-state index contributed by atoms with van der Waals surface area (Å²) in [5.74, 6) is 0. The van der Waals surface area contributed by atoms with Crippen LogP contribution in [-0.4, -0.2) is 5.54 Å². The number of nitrogens with one attached hydrogen (secondary N) is 1. The van der Waals surface area contributed by atoms with Crippen LogP contribution in [0.25, 0.3) is 17.7 Å². The molecule has 0 fully saturated rings. The van der Waals surface area contributed by atoms with E-state index >= 15 is 0 Å². The molecule has 106 valence electrons. The summed E-state index contributed by atoms with van der Waals surface area (Å²) < 4.78 is 0. The summed E-state index contributed by atoms with van der Waals surface area (Å²) in [6.07, 6.45) is 6.61. The predicted molar refractivity (Wildman–Crippen MR) is 93.2 cm³/mol. The van der Waals surface area contributed by atoms with Crippen LogP contribution in [0.5, 0.6) is 0 Å². The minimum atomic E-state index is 0.0263. The van der Waals surface area contributed by atoms with Crippen LogP contribution in [0.3, 0.4) is 0 Å². The topological polar surface area (TPSA) is 12.0 Å². The molecule has 1 N–H and O–H groups in total. The van der Waals surface area contributed by atoms with Crippen molar-refractivity contribution in [1.29, 1.82) is 0 Å². The van der Waals surface area contributed by atoms with E-state index in [4.69, 9.17) is 0 Å². The molecule has 1 heteroatoms. The Hall–Kier alpha value is -2.28. The zero-order valence-electron chi connectivity index (χ0n) is 12.9. The Bertz CT molecular complexity index is 706. The largest absolute Gasteiger partial charge is 0.376 e. The van der Waals surface area contributed by atoms with E-state index in [0.29, 0.717) is 0 Å². The molecule has 0 amide bonds. The SMILES string of the molecule is CC1=CC(C)(C)Nc2ccc(/C=C/c3ccccc3)cc21. The molecule has 2 aromatic rings. The Morgan fingerprint density at radius 2 is 1.62 bits per heavy atom. The van der Waals surface area contributed by atoms with Gasteiger partial charge in [-0.15, -0.1) is 0 Å². The Morgan fingerprint density at radius 1 is 0.905 bits per heavy atom. The van der Waals surface area contributed by atoms with E-state index in [-0.39, 0.29) is 5.54 Å². The molecule has 1 heterocycles. The highest BCUT2D eigenvalue weighted by molar-refractivity contribution is 5.82. The average Bonchev–Trinajstić information content (AvgIpc) is 2.45. The molecule has 0 unspecified atom stereocenters. The van der Waals surface area contributed by atoms with Crippen LogP contribution in [0, 0.1) is 0 Å². The standard InChI is InChI=1S/C20H21N/c1-15-14-20(2,3)21-19-12-11-17(13-18(15)19)10-9-16-7-5-4-6-8-16/h4-14,21H,1-3H3/b10-9+. The molecule has 2 aromatic carbocycles. The molecule has 0 radical (unpaired) electrons. The highest BCUT2D eigenvalue weighted by Gasteiger charge is 2.21. The average molecular weight is 275 g/mol. The van der Waals surface area contributed by atoms with Crippen LogP contribution in [0.2, 0.25) is 0 Å². The molecule has 1 nitrogen and oxygen atoms in total. The minimum absolute atomic E-state index is 0.0263. The van der Waals surface area contributed by atoms with E-state index in [0.717, 1.165) is 0 Å². The Balaban J connectivity index is 1.91. The van der Waals surface area contributed by atoms with Crippen molar-refractivity contribution >= 4 is 23.4 Å². The number of anilines is 1. The Kier molecular flexibility index (Phi) is 3.42. The molecule has 1 aliphatic rings. The van der Waals surface area contributed by atoms with Crippen LogP contribution < -0.4 is 5.32 Å². The first-order chi connectivity index (χ1) is 10.0. The molecule has 0 saturated carbocycles. The summed E-state index contributed by atoms with van der Waals surface area (Å²) in [5.41, 5.74) is 6.33. The third kappa shape index (κ3) is 3.08. The normalized spacial score (nSPS) is 16.2. The quantitative estimate of drug-likeness (QED) is 0.717. The summed E-state index contributed by atoms with van der Waals surface area (Å²) in [6.45, 7) is 6.58. The van der Waals surface area contributed by atoms with Crippen molar-refractivity contribution in [2.24, 2.45) is 0 Å². The number of fused-ring (bicyclic) bond motifs is 1. The van der Waals surface area contributed by atoms with Gasteiger partial charge in [0.15, 0.2) is 0 Å². The lowest BCUT2D eigenvalue weighted by Crippen LogP contribution is -2.31. The van der Waals surface area contributed by atoms with Gasteiger partial charge in [-0.2, -0.15) is 0 Å². The molecular formula is C20H21N. The Labute approximate surface area is 127 Å². The minimum Gasteiger partial charge on any atom is -0.376 e. The third-order valence-electron chi connectivity index (χ3n) is 3.77. The molecule has 0 spiro atoms. The third-order valence-corrected chi connectivity index (χ3v) is 3.77. The molecule has 1 aliphatic heterocycles. The van der Waals surface area contributed by atoms with Crippen molar-refractivity contribution in [3.63, 3.8) is 0 Å². The first-order valence-corrected chi connectivity index (χ1v) is 7.39. The number of hydrogen-bond acceptors (Lipinski definition) is 1. The molecule has 0 aliphatic carbocycles. The van der Waals surface area contributed by atoms with Crippen molar-refractivity contribution in [2.45, 2.75) is 26.3 Å². The van der Waals surface area contributed by atoms with Gasteiger partial charge in [0.2, 0.25) is 0 Å². The van der Waals surface area contributed by atoms with Crippen LogP contribution in [0.4, 0.5) is 5.69 Å². The lowest BCUT2D eigenvalue weighted by Gasteiger charge is -2.31. The number of rotatable bonds is 2. The van der Waals surface area contributed by atoms with E-state index in [1.807, 2.05) is 6.07 Å². The second-order valence-electron chi connectivity index (χ2n) is 6.22. The van der Waals surface area contributed by atoms with Gasteiger partial charge in [-0.1, -0.05) is 54.6 Å². The van der Waals surface area contributed by atoms with E-state index in [1.165, 1.54) is 28.0 Å². The molecule has 21 heavy (non-hydrogen) atoms. The molecular weight excluding hydrogens is 254 g/mol. The van der Waals surface area contributed by atoms with E-state index in [2.05, 4.69) is 86.8 Å². The summed E-state index contributed by atoms with van der Waals surface area (Å²) >= 11 is 0. The monoisotopic (exact) mass is 275 g/mol. The predicted octanol–water partition coefficient (Wildman–Crippen LogP) is 5.46. The summed E-state index contributed by atoms with van der Waals surface area (Å²) in [6, 6.07) is 17.0. The smallest absolute Gasteiger partial charge is 0.0505 e. The van der Waals surface area contributed by atoms with Gasteiger partial charge in [-0.25, -0.2) is 0 Å². The van der Waals surface area contributed by atoms with Gasteiger partial charge in [0.1, 0.15) is 0 Å². The lowest BCUT2D eigenvalue weighted by molar-refractivity contribution is 0.707. The lowest BCUT2D eigenvalue weighted by atomic mass is 9.90. The van der Waals surface area contributed by atoms with Crippen molar-refractivity contribution in [3.8, 4) is 0 Å². The number of benzene rings is 2. The zero-order valence-corrected chi connectivity index (χ0v) is 12.9. The van der Waals surface area contributed by atoms with Crippen molar-refractivity contribution in [2.75, 3.05) is 5.32 Å². The van der Waals surface area contributed by atoms with Crippen molar-refractivity contribution in [3.05, 3.63) is 71.3 Å². The van der Waals surface area contributed by atoms with E-state index < -0.39 is 0 Å². The summed E-state index contributed by atoms with van der Waals surface area (Å²) in [5, 5.41) is 3.57. The van der Waals surface area contributed by atoms with E-state index in [9.17, 15) is 0 Å². The number of hydrogen-bond donors (Lipinski definition) is 1. The molecule has 0 bridgehead atoms. The number of allylic oxidation sites excluding steroid dienone is 1. The van der Waals surface area contributed by atoms with Gasteiger partial charge < -0.3 is 5.32 Å². The second-order valence-corrected chi connectivity index (χ2v) is 6.22. The van der Waals surface area contributed by atoms with Crippen LogP contribution in [0.1, 0.15) is 37.5 Å². The highest BCUT2D eigenvalue weighted by atomic mass is 15.0. The Morgan fingerprint density at radius 3 is 2.38 bits per heavy atom. The highest BCUT2D eigenvalue weighted by Crippen LogP contribution is 2.34. The summed E-state index contributed by atoms with van der Waals surface area (Å²) in [4.78, 5) is 0. The first kappa shape index (κ1) is 13.7. The van der Waals surface area contributed by atoms with Gasteiger partial charge in [0, 0.05) is 11.3 Å². The molecule has 0 saturated heterocycles. The van der Waals surface area contributed by atoms with Gasteiger partial charge in [-0.05, 0) is 49.6 Å². The zero-order chi connectivity index (χ0) is 14.9. The second kappa shape index (κ2) is 5.25. The molecule has 0 atom stereocenters. The maximum atomic E-state index is 3.57. The first-order valence-electron chi connectivity index (χ1n) is 7.39.